The smallest absolute Gasteiger partial charge is 0.322 e. The summed E-state index contributed by atoms with van der Waals surface area (Å²) in [6.45, 7) is 2.71. The van der Waals surface area contributed by atoms with Gasteiger partial charge in [0.15, 0.2) is 0 Å². The van der Waals surface area contributed by atoms with Crippen molar-refractivity contribution >= 4 is 17.6 Å². The molecule has 0 saturated carbocycles. The van der Waals surface area contributed by atoms with Crippen LogP contribution < -0.4 is 11.1 Å². The molecule has 0 aliphatic carbocycles. The van der Waals surface area contributed by atoms with E-state index in [9.17, 15) is 14.0 Å². The van der Waals surface area contributed by atoms with E-state index in [2.05, 4.69) is 5.32 Å². The number of hydrogen-bond acceptors (Lipinski definition) is 5. The van der Waals surface area contributed by atoms with Crippen LogP contribution in [0.5, 0.6) is 0 Å². The fraction of sp³-hybridized carbons (Fsp3) is 0.250. The number of benzene rings is 2. The van der Waals surface area contributed by atoms with Gasteiger partial charge in [-0.05, 0) is 55.0 Å². The first-order chi connectivity index (χ1) is 16.3. The first kappa shape index (κ1) is 21.6. The quantitative estimate of drug-likeness (QED) is 0.622. The number of ether oxygens (including phenoxy) is 1. The van der Waals surface area contributed by atoms with Crippen molar-refractivity contribution in [2.75, 3.05) is 25.1 Å². The molecule has 2 aromatic carbocycles. The average molecular weight is 460 g/mol. The zero-order chi connectivity index (χ0) is 24.0. The highest BCUT2D eigenvalue weighted by atomic mass is 19.1. The molecule has 5 rings (SSSR count). The second-order valence-corrected chi connectivity index (χ2v) is 8.60. The summed E-state index contributed by atoms with van der Waals surface area (Å²) < 4.78 is 21.1. The Morgan fingerprint density at radius 2 is 1.97 bits per heavy atom. The number of fused-ring (bicyclic) bond motifs is 2. The maximum Gasteiger partial charge on any atom is 0.322 e. The molecule has 1 spiro atoms. The van der Waals surface area contributed by atoms with E-state index in [0.29, 0.717) is 53.5 Å². The fourth-order valence-electron chi connectivity index (χ4n) is 4.43. The summed E-state index contributed by atoms with van der Waals surface area (Å²) in [5.41, 5.74) is 8.21. The number of nitrogens with one attached hydrogen (secondary N) is 1. The van der Waals surface area contributed by atoms with Crippen molar-refractivity contribution in [2.24, 2.45) is 5.73 Å². The molecule has 10 heteroatoms. The van der Waals surface area contributed by atoms with Gasteiger partial charge in [0.25, 0.3) is 5.91 Å². The minimum absolute atomic E-state index is 0.106. The lowest BCUT2D eigenvalue weighted by atomic mass is 9.93. The topological polar surface area (TPSA) is 126 Å². The number of primary amides is 1. The Morgan fingerprint density at radius 3 is 2.56 bits per heavy atom. The standard InChI is InChI=1S/C24H21FN6O3/c1-14-8-16(4-7-18(14)25)21-20(22(27)32)19-10-30(11-24(12-34-13-24)31(19)29-21)23(33)28-17-5-2-15(9-26)3-6-17/h2-8H,10-13H2,1H3,(H2,27,32)(H,28,33). The van der Waals surface area contributed by atoms with Crippen LogP contribution in [0.2, 0.25) is 0 Å². The summed E-state index contributed by atoms with van der Waals surface area (Å²) in [5, 5.41) is 16.5. The number of halogens is 1. The number of hydrogen-bond donors (Lipinski definition) is 2. The van der Waals surface area contributed by atoms with E-state index >= 15 is 0 Å². The third-order valence-electron chi connectivity index (χ3n) is 6.23. The van der Waals surface area contributed by atoms with Gasteiger partial charge in [0.05, 0.1) is 49.2 Å². The number of amides is 3. The summed E-state index contributed by atoms with van der Waals surface area (Å²) in [7, 11) is 0. The number of urea groups is 1. The minimum Gasteiger partial charge on any atom is -0.376 e. The Bertz CT molecular complexity index is 1350. The van der Waals surface area contributed by atoms with Crippen molar-refractivity contribution in [3.63, 3.8) is 0 Å². The molecule has 1 fully saturated rings. The Morgan fingerprint density at radius 1 is 1.24 bits per heavy atom. The number of aryl methyl sites for hydroxylation is 1. The molecule has 0 radical (unpaired) electrons. The van der Waals surface area contributed by atoms with Gasteiger partial charge in [-0.2, -0.15) is 10.4 Å². The number of carbonyl (C=O) groups is 2. The molecule has 0 unspecified atom stereocenters. The Kier molecular flexibility index (Phi) is 5.06. The monoisotopic (exact) mass is 460 g/mol. The third-order valence-corrected chi connectivity index (χ3v) is 6.23. The molecule has 9 nitrogen and oxygen atoms in total. The molecule has 0 atom stereocenters. The van der Waals surface area contributed by atoms with Crippen molar-refractivity contribution in [1.29, 1.82) is 5.26 Å². The zero-order valence-electron chi connectivity index (χ0n) is 18.3. The minimum atomic E-state index is -0.678. The molecule has 1 aromatic heterocycles. The number of nitrogens with two attached hydrogens (primary N) is 1. The molecular formula is C24H21FN6O3. The molecule has 3 N–H and O–H groups in total. The number of anilines is 1. The number of aromatic nitrogens is 2. The van der Waals surface area contributed by atoms with Crippen LogP contribution >= 0.6 is 0 Å². The van der Waals surface area contributed by atoms with Crippen LogP contribution in [-0.4, -0.2) is 46.4 Å². The number of nitriles is 1. The number of nitrogens with zero attached hydrogens (tertiary/aromatic N) is 4. The summed E-state index contributed by atoms with van der Waals surface area (Å²) in [5.74, 6) is -1.04. The van der Waals surface area contributed by atoms with Crippen molar-refractivity contribution < 1.29 is 18.7 Å². The molecule has 2 aliphatic heterocycles. The van der Waals surface area contributed by atoms with E-state index in [-0.39, 0.29) is 24.0 Å². The van der Waals surface area contributed by atoms with Crippen LogP contribution in [-0.2, 0) is 16.8 Å². The maximum absolute atomic E-state index is 13.8. The van der Waals surface area contributed by atoms with Crippen LogP contribution in [0, 0.1) is 24.1 Å². The van der Waals surface area contributed by atoms with Crippen molar-refractivity contribution in [1.82, 2.24) is 14.7 Å². The lowest BCUT2D eigenvalue weighted by molar-refractivity contribution is -0.126. The van der Waals surface area contributed by atoms with E-state index in [1.165, 1.54) is 6.07 Å². The summed E-state index contributed by atoms with van der Waals surface area (Å²) in [6, 6.07) is 12.7. The van der Waals surface area contributed by atoms with Gasteiger partial charge in [-0.25, -0.2) is 9.18 Å². The van der Waals surface area contributed by atoms with E-state index < -0.39 is 11.4 Å². The van der Waals surface area contributed by atoms with Gasteiger partial charge in [0.2, 0.25) is 0 Å². The van der Waals surface area contributed by atoms with Gasteiger partial charge < -0.3 is 20.7 Å². The fourth-order valence-corrected chi connectivity index (χ4v) is 4.43. The molecule has 2 aliphatic rings. The highest BCUT2D eigenvalue weighted by Crippen LogP contribution is 2.38. The average Bonchev–Trinajstić information content (AvgIpc) is 3.19. The van der Waals surface area contributed by atoms with E-state index in [4.69, 9.17) is 20.8 Å². The van der Waals surface area contributed by atoms with Crippen molar-refractivity contribution in [3.8, 4) is 17.3 Å². The number of rotatable bonds is 3. The second kappa shape index (κ2) is 7.97. The molecule has 3 heterocycles. The van der Waals surface area contributed by atoms with E-state index in [1.807, 2.05) is 6.07 Å². The summed E-state index contributed by atoms with van der Waals surface area (Å²) in [6.07, 6.45) is 0. The normalized spacial score (nSPS) is 15.9. The summed E-state index contributed by atoms with van der Waals surface area (Å²) >= 11 is 0. The van der Waals surface area contributed by atoms with Gasteiger partial charge in [0, 0.05) is 11.3 Å². The lowest BCUT2D eigenvalue weighted by Gasteiger charge is -2.48. The maximum atomic E-state index is 13.8. The van der Waals surface area contributed by atoms with Crippen LogP contribution in [0.25, 0.3) is 11.3 Å². The molecule has 3 amide bonds. The van der Waals surface area contributed by atoms with Gasteiger partial charge in [-0.3, -0.25) is 9.48 Å². The Balaban J connectivity index is 1.53. The Hall–Kier alpha value is -4.23. The Labute approximate surface area is 194 Å². The SMILES string of the molecule is Cc1cc(-c2nn3c(c2C(N)=O)CN(C(=O)Nc2ccc(C#N)cc2)CC32COC2)ccc1F. The molecule has 1 saturated heterocycles. The number of carbonyl (C=O) groups excluding carboxylic acids is 2. The van der Waals surface area contributed by atoms with Crippen molar-refractivity contribution in [3.05, 3.63) is 70.7 Å². The van der Waals surface area contributed by atoms with E-state index in [1.54, 1.807) is 52.9 Å². The van der Waals surface area contributed by atoms with E-state index in [0.717, 1.165) is 0 Å². The third kappa shape index (κ3) is 3.47. The molecule has 34 heavy (non-hydrogen) atoms. The van der Waals surface area contributed by atoms with Crippen LogP contribution in [0.4, 0.5) is 14.9 Å². The highest BCUT2D eigenvalue weighted by molar-refractivity contribution is 6.00. The predicted molar refractivity (Wildman–Crippen MR) is 120 cm³/mol. The van der Waals surface area contributed by atoms with Gasteiger partial charge in [-0.15, -0.1) is 0 Å². The second-order valence-electron chi connectivity index (χ2n) is 8.60. The van der Waals surface area contributed by atoms with Crippen LogP contribution in [0.1, 0.15) is 27.2 Å². The first-order valence-electron chi connectivity index (χ1n) is 10.6. The van der Waals surface area contributed by atoms with Crippen LogP contribution in [0.15, 0.2) is 42.5 Å². The van der Waals surface area contributed by atoms with Gasteiger partial charge in [-0.1, -0.05) is 0 Å². The largest absolute Gasteiger partial charge is 0.376 e. The molecule has 172 valence electrons. The molecule has 0 bridgehead atoms. The lowest BCUT2D eigenvalue weighted by Crippen LogP contribution is -2.63. The predicted octanol–water partition coefficient (Wildman–Crippen LogP) is 2.74. The highest BCUT2D eigenvalue weighted by Gasteiger charge is 2.49. The van der Waals surface area contributed by atoms with Crippen molar-refractivity contribution in [2.45, 2.75) is 19.0 Å². The van der Waals surface area contributed by atoms with Crippen LogP contribution in [0.3, 0.4) is 0 Å². The molecule has 3 aromatic rings. The first-order valence-corrected chi connectivity index (χ1v) is 10.6. The van der Waals surface area contributed by atoms with Gasteiger partial charge in [0.1, 0.15) is 17.1 Å². The molecular weight excluding hydrogens is 439 g/mol. The zero-order valence-corrected chi connectivity index (χ0v) is 18.3. The summed E-state index contributed by atoms with van der Waals surface area (Å²) in [4.78, 5) is 27.3. The van der Waals surface area contributed by atoms with Gasteiger partial charge >= 0.3 is 6.03 Å².